The Morgan fingerprint density at radius 3 is 2.83 bits per heavy atom. The van der Waals surface area contributed by atoms with E-state index in [-0.39, 0.29) is 11.3 Å². The van der Waals surface area contributed by atoms with Gasteiger partial charge in [-0.2, -0.15) is 12.6 Å². The van der Waals surface area contributed by atoms with Gasteiger partial charge in [-0.25, -0.2) is 9.97 Å². The van der Waals surface area contributed by atoms with Gasteiger partial charge in [-0.15, -0.1) is 0 Å². The van der Waals surface area contributed by atoms with Crippen molar-refractivity contribution in [3.8, 4) is 11.3 Å². The minimum absolute atomic E-state index is 0.147. The molecule has 0 fully saturated rings. The molecule has 4 nitrogen and oxygen atoms in total. The van der Waals surface area contributed by atoms with E-state index in [0.717, 1.165) is 23.4 Å². The molecule has 18 heavy (non-hydrogen) atoms. The number of rotatable bonds is 4. The van der Waals surface area contributed by atoms with Gasteiger partial charge in [0.25, 0.3) is 0 Å². The molecular weight excluding hydrogens is 244 g/mol. The molecule has 94 valence electrons. The lowest BCUT2D eigenvalue weighted by atomic mass is 10.0. The Kier molecular flexibility index (Phi) is 4.17. The van der Waals surface area contributed by atoms with Gasteiger partial charge in [0.05, 0.1) is 5.69 Å². The second-order valence-electron chi connectivity index (χ2n) is 4.01. The zero-order chi connectivity index (χ0) is 13.0. The Balaban J connectivity index is 2.32. The number of nitrogens with one attached hydrogen (secondary N) is 1. The molecule has 1 aromatic carbocycles. The number of nitrogen functional groups attached to an aromatic ring is 1. The topological polar surface area (TPSA) is 63.8 Å². The van der Waals surface area contributed by atoms with E-state index in [1.54, 1.807) is 6.20 Å². The fourth-order valence-electron chi connectivity index (χ4n) is 1.71. The highest BCUT2D eigenvalue weighted by atomic mass is 32.1. The molecule has 0 saturated heterocycles. The molecule has 0 aliphatic rings. The summed E-state index contributed by atoms with van der Waals surface area (Å²) in [7, 11) is 0. The normalized spacial score (nSPS) is 12.3. The Bertz CT molecular complexity index is 528. The number of hydrogen-bond donors (Lipinski definition) is 3. The van der Waals surface area contributed by atoms with Crippen LogP contribution in [-0.4, -0.2) is 15.3 Å². The molecule has 2 rings (SSSR count). The van der Waals surface area contributed by atoms with Gasteiger partial charge in [0.1, 0.15) is 0 Å². The van der Waals surface area contributed by atoms with Crippen LogP contribution in [0.2, 0.25) is 0 Å². The average Bonchev–Trinajstić information content (AvgIpc) is 2.36. The van der Waals surface area contributed by atoms with Crippen LogP contribution >= 0.6 is 12.6 Å². The highest BCUT2D eigenvalue weighted by Gasteiger charge is 2.06. The summed E-state index contributed by atoms with van der Waals surface area (Å²) in [6, 6.07) is 9.95. The van der Waals surface area contributed by atoms with Gasteiger partial charge in [0.15, 0.2) is 0 Å². The molecule has 1 unspecified atom stereocenters. The lowest BCUT2D eigenvalue weighted by Gasteiger charge is -2.12. The van der Waals surface area contributed by atoms with Gasteiger partial charge in [-0.05, 0) is 18.6 Å². The van der Waals surface area contributed by atoms with Crippen molar-refractivity contribution >= 4 is 18.6 Å². The molecular formula is C13H16N4S. The van der Waals surface area contributed by atoms with Crippen molar-refractivity contribution in [1.82, 2.24) is 15.3 Å². The number of aromatic nitrogens is 2. The van der Waals surface area contributed by atoms with E-state index >= 15 is 0 Å². The number of nitrogens with two attached hydrogens (primary N) is 1. The molecule has 3 N–H and O–H groups in total. The highest BCUT2D eigenvalue weighted by Crippen LogP contribution is 2.21. The highest BCUT2D eigenvalue weighted by molar-refractivity contribution is 7.80. The van der Waals surface area contributed by atoms with Gasteiger partial charge in [0.2, 0.25) is 5.95 Å². The number of nitrogens with zero attached hydrogens (tertiary/aromatic N) is 2. The van der Waals surface area contributed by atoms with Gasteiger partial charge < -0.3 is 11.1 Å². The predicted octanol–water partition coefficient (Wildman–Crippen LogP) is 2.09. The van der Waals surface area contributed by atoms with E-state index in [1.807, 2.05) is 31.2 Å². The molecule has 5 heteroatoms. The summed E-state index contributed by atoms with van der Waals surface area (Å²) < 4.78 is 0. The summed E-state index contributed by atoms with van der Waals surface area (Å²) in [5.41, 5.74) is 8.68. The van der Waals surface area contributed by atoms with Crippen LogP contribution in [0.3, 0.4) is 0 Å². The van der Waals surface area contributed by atoms with Crippen LogP contribution in [0.4, 0.5) is 5.95 Å². The van der Waals surface area contributed by atoms with Crippen LogP contribution in [0, 0.1) is 0 Å². The fourth-order valence-corrected chi connectivity index (χ4v) is 1.80. The zero-order valence-corrected chi connectivity index (χ0v) is 11.1. The van der Waals surface area contributed by atoms with Crippen LogP contribution in [0.25, 0.3) is 11.3 Å². The average molecular weight is 260 g/mol. The molecule has 0 bridgehead atoms. The quantitative estimate of drug-likeness (QED) is 0.582. The summed E-state index contributed by atoms with van der Waals surface area (Å²) in [5, 5.41) is 3.42. The minimum Gasteiger partial charge on any atom is -0.368 e. The van der Waals surface area contributed by atoms with E-state index in [9.17, 15) is 0 Å². The molecule has 0 amide bonds. The van der Waals surface area contributed by atoms with Crippen molar-refractivity contribution in [2.45, 2.75) is 18.8 Å². The second kappa shape index (κ2) is 5.84. The lowest BCUT2D eigenvalue weighted by Crippen LogP contribution is -2.20. The minimum atomic E-state index is 0.147. The van der Waals surface area contributed by atoms with E-state index < -0.39 is 0 Å². The van der Waals surface area contributed by atoms with E-state index in [1.165, 1.54) is 0 Å². The molecule has 0 radical (unpaired) electrons. The second-order valence-corrected chi connectivity index (χ2v) is 4.79. The van der Waals surface area contributed by atoms with Gasteiger partial charge in [0, 0.05) is 23.7 Å². The molecule has 1 heterocycles. The van der Waals surface area contributed by atoms with Crippen LogP contribution < -0.4 is 11.1 Å². The van der Waals surface area contributed by atoms with E-state index in [4.69, 9.17) is 5.73 Å². The first-order valence-corrected chi connectivity index (χ1v) is 6.26. The maximum Gasteiger partial charge on any atom is 0.220 e. The van der Waals surface area contributed by atoms with Crippen LogP contribution in [0.5, 0.6) is 0 Å². The SMILES string of the molecule is CC(S)NCc1ccccc1-c1ccnc(N)n1. The van der Waals surface area contributed by atoms with Crippen molar-refractivity contribution in [1.29, 1.82) is 0 Å². The van der Waals surface area contributed by atoms with Crippen molar-refractivity contribution in [3.05, 3.63) is 42.1 Å². The Labute approximate surface area is 112 Å². The summed E-state index contributed by atoms with van der Waals surface area (Å²) in [5.74, 6) is 0.290. The first kappa shape index (κ1) is 12.9. The molecule has 0 saturated carbocycles. The molecule has 1 atom stereocenters. The standard InChI is InChI=1S/C13H16N4S/c1-9(18)16-8-10-4-2-3-5-11(10)12-6-7-15-13(14)17-12/h2-7,9,16,18H,8H2,1H3,(H2,14,15,17). The third kappa shape index (κ3) is 3.21. The molecule has 0 aliphatic carbocycles. The van der Waals surface area contributed by atoms with Crippen LogP contribution in [-0.2, 0) is 6.54 Å². The summed E-state index contributed by atoms with van der Waals surface area (Å²) in [6.45, 7) is 2.74. The lowest BCUT2D eigenvalue weighted by molar-refractivity contribution is 0.692. The van der Waals surface area contributed by atoms with Crippen LogP contribution in [0.15, 0.2) is 36.5 Å². The molecule has 0 spiro atoms. The first-order valence-electron chi connectivity index (χ1n) is 5.75. The molecule has 0 aliphatic heterocycles. The van der Waals surface area contributed by atoms with Crippen molar-refractivity contribution < 1.29 is 0 Å². The van der Waals surface area contributed by atoms with Crippen molar-refractivity contribution in [2.75, 3.05) is 5.73 Å². The Hall–Kier alpha value is -1.59. The Morgan fingerprint density at radius 2 is 2.11 bits per heavy atom. The monoisotopic (exact) mass is 260 g/mol. The van der Waals surface area contributed by atoms with Gasteiger partial charge in [-0.1, -0.05) is 24.3 Å². The third-order valence-electron chi connectivity index (χ3n) is 2.56. The number of anilines is 1. The Morgan fingerprint density at radius 1 is 1.33 bits per heavy atom. The largest absolute Gasteiger partial charge is 0.368 e. The van der Waals surface area contributed by atoms with Gasteiger partial charge >= 0.3 is 0 Å². The number of benzene rings is 1. The predicted molar refractivity (Wildman–Crippen MR) is 77.2 cm³/mol. The summed E-state index contributed by atoms with van der Waals surface area (Å²) in [6.07, 6.45) is 1.67. The first-order chi connectivity index (χ1) is 8.66. The van der Waals surface area contributed by atoms with E-state index in [0.29, 0.717) is 0 Å². The zero-order valence-electron chi connectivity index (χ0n) is 10.2. The maximum atomic E-state index is 5.62. The molecule has 2 aromatic rings. The fraction of sp³-hybridized carbons (Fsp3) is 0.231. The number of thiol groups is 1. The third-order valence-corrected chi connectivity index (χ3v) is 2.74. The van der Waals surface area contributed by atoms with Crippen LogP contribution in [0.1, 0.15) is 12.5 Å². The van der Waals surface area contributed by atoms with Gasteiger partial charge in [-0.3, -0.25) is 0 Å². The van der Waals surface area contributed by atoms with Crippen molar-refractivity contribution in [3.63, 3.8) is 0 Å². The van der Waals surface area contributed by atoms with E-state index in [2.05, 4.69) is 34.0 Å². The summed E-state index contributed by atoms with van der Waals surface area (Å²) in [4.78, 5) is 8.16. The maximum absolute atomic E-state index is 5.62. The smallest absolute Gasteiger partial charge is 0.220 e. The molecule has 1 aromatic heterocycles. The summed E-state index contributed by atoms with van der Waals surface area (Å²) >= 11 is 4.31. The van der Waals surface area contributed by atoms with Crippen molar-refractivity contribution in [2.24, 2.45) is 0 Å². The number of hydrogen-bond acceptors (Lipinski definition) is 5.